The molecule has 0 atom stereocenters. The molecule has 1 N–H and O–H groups in total. The van der Waals surface area contributed by atoms with Gasteiger partial charge in [0.15, 0.2) is 0 Å². The second kappa shape index (κ2) is 11.5. The molecular weight excluding hydrogens is 386 g/mol. The number of carbonyl (C=O) groups excluding carboxylic acids is 1. The Bertz CT molecular complexity index is 1040. The number of likely N-dealkylation sites (tertiary alicyclic amines) is 1. The third-order valence-electron chi connectivity index (χ3n) is 5.24. The normalized spacial score (nSPS) is 15.1. The van der Waals surface area contributed by atoms with Crippen LogP contribution in [0.1, 0.15) is 24.8 Å². The molecule has 6 nitrogen and oxygen atoms in total. The van der Waals surface area contributed by atoms with Crippen LogP contribution in [-0.2, 0) is 11.2 Å². The first-order valence-electron chi connectivity index (χ1n) is 10.5. The number of anilines is 1. The standard InChI is InChI=1S/C25H27N5O/c1-2-12-27-13-5-7-25(31)30-15-9-22(10-16-30)29-24-18-20(6-3-4-11-26)17-21-8-14-28-19-23(21)24/h2-5,8,12-14,17-19,22,29H,1,6-7,9-10,15-16H2/b4-3+,13-5+,27-12?. The molecule has 2 heterocycles. The van der Waals surface area contributed by atoms with Crippen molar-refractivity contribution in [3.63, 3.8) is 0 Å². The second-order valence-electron chi connectivity index (χ2n) is 7.40. The van der Waals surface area contributed by atoms with Crippen molar-refractivity contribution >= 4 is 28.6 Å². The Morgan fingerprint density at radius 2 is 2.19 bits per heavy atom. The zero-order chi connectivity index (χ0) is 21.9. The summed E-state index contributed by atoms with van der Waals surface area (Å²) in [5.41, 5.74) is 2.20. The van der Waals surface area contributed by atoms with E-state index in [0.717, 1.165) is 48.0 Å². The number of benzene rings is 1. The van der Waals surface area contributed by atoms with E-state index in [1.54, 1.807) is 30.8 Å². The van der Waals surface area contributed by atoms with Crippen molar-refractivity contribution in [1.82, 2.24) is 9.88 Å². The zero-order valence-corrected chi connectivity index (χ0v) is 17.6. The number of aromatic nitrogens is 1. The molecule has 0 radical (unpaired) electrons. The van der Waals surface area contributed by atoms with Gasteiger partial charge in [-0.05, 0) is 42.3 Å². The Labute approximate surface area is 183 Å². The summed E-state index contributed by atoms with van der Waals surface area (Å²) in [5.74, 6) is 0.129. The Balaban J connectivity index is 1.62. The Morgan fingerprint density at radius 1 is 1.35 bits per heavy atom. The van der Waals surface area contributed by atoms with Crippen molar-refractivity contribution in [2.75, 3.05) is 18.4 Å². The van der Waals surface area contributed by atoms with Crippen LogP contribution in [-0.4, -0.2) is 41.1 Å². The van der Waals surface area contributed by atoms with Gasteiger partial charge in [0.05, 0.1) is 6.07 Å². The minimum atomic E-state index is 0.129. The number of aliphatic imine (C=N–C) groups is 1. The molecule has 1 aromatic carbocycles. The lowest BCUT2D eigenvalue weighted by Gasteiger charge is -2.33. The summed E-state index contributed by atoms with van der Waals surface area (Å²) >= 11 is 0. The lowest BCUT2D eigenvalue weighted by Crippen LogP contribution is -2.42. The van der Waals surface area contributed by atoms with E-state index in [4.69, 9.17) is 5.26 Å². The van der Waals surface area contributed by atoms with Crippen molar-refractivity contribution in [2.45, 2.75) is 31.7 Å². The molecule has 0 unspecified atom stereocenters. The third kappa shape index (κ3) is 6.38. The number of rotatable bonds is 8. The van der Waals surface area contributed by atoms with Gasteiger partial charge in [-0.3, -0.25) is 14.8 Å². The molecule has 1 aromatic heterocycles. The highest BCUT2D eigenvalue weighted by Gasteiger charge is 2.22. The van der Waals surface area contributed by atoms with E-state index in [2.05, 4.69) is 34.0 Å². The largest absolute Gasteiger partial charge is 0.382 e. The SMILES string of the molecule is C=CC=N/C=C/CC(=O)N1CCC(Nc2cc(C/C=C/C#N)cc3ccncc23)CC1. The van der Waals surface area contributed by atoms with Crippen molar-refractivity contribution in [3.05, 3.63) is 73.2 Å². The van der Waals surface area contributed by atoms with Crippen molar-refractivity contribution in [1.29, 1.82) is 5.26 Å². The number of nitriles is 1. The molecule has 1 aliphatic heterocycles. The van der Waals surface area contributed by atoms with Gasteiger partial charge in [-0.1, -0.05) is 30.9 Å². The number of nitrogens with zero attached hydrogens (tertiary/aromatic N) is 4. The van der Waals surface area contributed by atoms with Gasteiger partial charge in [-0.25, -0.2) is 0 Å². The van der Waals surface area contributed by atoms with Gasteiger partial charge in [0.25, 0.3) is 0 Å². The smallest absolute Gasteiger partial charge is 0.226 e. The number of nitrogens with one attached hydrogen (secondary N) is 1. The third-order valence-corrected chi connectivity index (χ3v) is 5.24. The maximum atomic E-state index is 12.4. The van der Waals surface area contributed by atoms with Gasteiger partial charge < -0.3 is 10.2 Å². The van der Waals surface area contributed by atoms with Crippen LogP contribution in [0.15, 0.2) is 72.7 Å². The molecule has 1 amide bonds. The van der Waals surface area contributed by atoms with E-state index in [-0.39, 0.29) is 5.91 Å². The number of carbonyl (C=O) groups is 1. The minimum Gasteiger partial charge on any atom is -0.382 e. The molecular formula is C25H27N5O. The van der Waals surface area contributed by atoms with E-state index < -0.39 is 0 Å². The quantitative estimate of drug-likeness (QED) is 0.513. The number of allylic oxidation sites excluding steroid dienone is 3. The zero-order valence-electron chi connectivity index (χ0n) is 17.6. The molecule has 0 aliphatic carbocycles. The van der Waals surface area contributed by atoms with Crippen molar-refractivity contribution in [2.24, 2.45) is 4.99 Å². The monoisotopic (exact) mass is 413 g/mol. The van der Waals surface area contributed by atoms with E-state index in [0.29, 0.717) is 18.9 Å². The number of pyridine rings is 1. The Kier molecular flexibility index (Phi) is 8.13. The number of fused-ring (bicyclic) bond motifs is 1. The molecule has 1 aliphatic rings. The molecule has 1 fully saturated rings. The molecule has 31 heavy (non-hydrogen) atoms. The highest BCUT2D eigenvalue weighted by molar-refractivity contribution is 5.94. The molecule has 0 bridgehead atoms. The van der Waals surface area contributed by atoms with E-state index in [1.807, 2.05) is 29.3 Å². The maximum Gasteiger partial charge on any atom is 0.226 e. The van der Waals surface area contributed by atoms with Gasteiger partial charge in [-0.15, -0.1) is 0 Å². The lowest BCUT2D eigenvalue weighted by molar-refractivity contribution is -0.131. The second-order valence-corrected chi connectivity index (χ2v) is 7.40. The highest BCUT2D eigenvalue weighted by atomic mass is 16.2. The Hall–Kier alpha value is -3.72. The molecule has 158 valence electrons. The summed E-state index contributed by atoms with van der Waals surface area (Å²) in [6.07, 6.45) is 16.5. The summed E-state index contributed by atoms with van der Waals surface area (Å²) in [6.45, 7) is 5.03. The summed E-state index contributed by atoms with van der Waals surface area (Å²) in [5, 5.41) is 14.6. The molecule has 1 saturated heterocycles. The number of hydrogen-bond donors (Lipinski definition) is 1. The van der Waals surface area contributed by atoms with E-state index in [9.17, 15) is 4.79 Å². The maximum absolute atomic E-state index is 12.4. The molecule has 2 aromatic rings. The fourth-order valence-corrected chi connectivity index (χ4v) is 3.69. The van der Waals surface area contributed by atoms with Crippen LogP contribution in [0.4, 0.5) is 5.69 Å². The predicted octanol–water partition coefficient (Wildman–Crippen LogP) is 4.42. The first-order chi connectivity index (χ1) is 15.2. The summed E-state index contributed by atoms with van der Waals surface area (Å²) in [7, 11) is 0. The molecule has 0 saturated carbocycles. The molecule has 3 rings (SSSR count). The molecule has 0 spiro atoms. The van der Waals surface area contributed by atoms with E-state index in [1.165, 1.54) is 6.08 Å². The van der Waals surface area contributed by atoms with Crippen LogP contribution in [0.5, 0.6) is 0 Å². The van der Waals surface area contributed by atoms with Crippen LogP contribution in [0.25, 0.3) is 10.8 Å². The summed E-state index contributed by atoms with van der Waals surface area (Å²) in [6, 6.07) is 8.61. The highest BCUT2D eigenvalue weighted by Crippen LogP contribution is 2.27. The lowest BCUT2D eigenvalue weighted by atomic mass is 10.0. The van der Waals surface area contributed by atoms with Crippen LogP contribution in [0, 0.1) is 11.3 Å². The van der Waals surface area contributed by atoms with Gasteiger partial charge >= 0.3 is 0 Å². The van der Waals surface area contributed by atoms with Gasteiger partial charge in [-0.2, -0.15) is 5.26 Å². The topological polar surface area (TPSA) is 81.4 Å². The van der Waals surface area contributed by atoms with Gasteiger partial charge in [0.1, 0.15) is 0 Å². The predicted molar refractivity (Wildman–Crippen MR) is 126 cm³/mol. The average Bonchev–Trinajstić information content (AvgIpc) is 2.79. The summed E-state index contributed by atoms with van der Waals surface area (Å²) in [4.78, 5) is 22.6. The fourth-order valence-electron chi connectivity index (χ4n) is 3.69. The Morgan fingerprint density at radius 3 is 2.97 bits per heavy atom. The van der Waals surface area contributed by atoms with Gasteiger partial charge in [0, 0.05) is 67.5 Å². The van der Waals surface area contributed by atoms with Gasteiger partial charge in [0.2, 0.25) is 5.91 Å². The fraction of sp³-hybridized carbons (Fsp3) is 0.280. The first kappa shape index (κ1) is 22.0. The van der Waals surface area contributed by atoms with Crippen molar-refractivity contribution < 1.29 is 4.79 Å². The number of hydrogen-bond acceptors (Lipinski definition) is 5. The van der Waals surface area contributed by atoms with E-state index >= 15 is 0 Å². The van der Waals surface area contributed by atoms with Crippen LogP contribution < -0.4 is 5.32 Å². The summed E-state index contributed by atoms with van der Waals surface area (Å²) < 4.78 is 0. The number of piperidine rings is 1. The van der Waals surface area contributed by atoms with Crippen LogP contribution in [0.3, 0.4) is 0 Å². The average molecular weight is 414 g/mol. The number of amides is 1. The molecule has 6 heteroatoms. The van der Waals surface area contributed by atoms with Crippen LogP contribution in [0.2, 0.25) is 0 Å². The minimum absolute atomic E-state index is 0.129. The van der Waals surface area contributed by atoms with Crippen molar-refractivity contribution in [3.8, 4) is 6.07 Å². The first-order valence-corrected chi connectivity index (χ1v) is 10.5. The van der Waals surface area contributed by atoms with Crippen LogP contribution >= 0.6 is 0 Å².